The zero-order valence-electron chi connectivity index (χ0n) is 11.8. The van der Waals surface area contributed by atoms with E-state index in [0.717, 1.165) is 9.13 Å². The summed E-state index contributed by atoms with van der Waals surface area (Å²) in [5.41, 5.74) is 0.181. The third-order valence-corrected chi connectivity index (χ3v) is 4.19. The van der Waals surface area contributed by atoms with Gasteiger partial charge in [-0.05, 0) is 66.5 Å². The van der Waals surface area contributed by atoms with Crippen LogP contribution < -0.4 is 0 Å². The number of benzene rings is 1. The van der Waals surface area contributed by atoms with Gasteiger partial charge in [0.2, 0.25) is 0 Å². The summed E-state index contributed by atoms with van der Waals surface area (Å²) in [4.78, 5) is 12.2. The van der Waals surface area contributed by atoms with Crippen LogP contribution in [-0.2, 0) is 14.9 Å². The molecule has 2 atom stereocenters. The van der Waals surface area contributed by atoms with Crippen LogP contribution in [0.3, 0.4) is 0 Å². The second-order valence-electron chi connectivity index (χ2n) is 5.06. The van der Waals surface area contributed by atoms with Gasteiger partial charge in [0.15, 0.2) is 0 Å². The van der Waals surface area contributed by atoms with Gasteiger partial charge in [0.25, 0.3) is 0 Å². The summed E-state index contributed by atoms with van der Waals surface area (Å²) < 4.78 is 6.00. The summed E-state index contributed by atoms with van der Waals surface area (Å²) in [6.45, 7) is 1.60. The predicted octanol–water partition coefficient (Wildman–Crippen LogP) is 2.25. The zero-order valence-corrected chi connectivity index (χ0v) is 14.0. The molecule has 0 heterocycles. The zero-order chi connectivity index (χ0) is 15.2. The van der Waals surface area contributed by atoms with Crippen molar-refractivity contribution in [2.24, 2.45) is 0 Å². The van der Waals surface area contributed by atoms with Crippen molar-refractivity contribution in [3.8, 4) is 0 Å². The van der Waals surface area contributed by atoms with Crippen LogP contribution in [0.2, 0.25) is 0 Å². The van der Waals surface area contributed by atoms with Gasteiger partial charge in [-0.2, -0.15) is 0 Å². The summed E-state index contributed by atoms with van der Waals surface area (Å²) in [6, 6.07) is 7.78. The van der Waals surface area contributed by atoms with E-state index in [2.05, 4.69) is 22.6 Å². The molecule has 0 saturated carbocycles. The standard InChI is InChI=1S/C15H21IO4/c1-15(14(19)20-2,8-4-7-13(18)10-17)11-5-3-6-12(16)9-11/h3,5-6,9,13,17-18H,4,7-8,10H2,1-2H3. The molecule has 0 aliphatic rings. The molecule has 112 valence electrons. The van der Waals surface area contributed by atoms with Crippen LogP contribution in [0.4, 0.5) is 0 Å². The lowest BCUT2D eigenvalue weighted by Crippen LogP contribution is -2.34. The van der Waals surface area contributed by atoms with Crippen molar-refractivity contribution in [2.45, 2.75) is 37.7 Å². The van der Waals surface area contributed by atoms with Crippen LogP contribution >= 0.6 is 22.6 Å². The molecule has 0 amide bonds. The van der Waals surface area contributed by atoms with Crippen molar-refractivity contribution in [3.05, 3.63) is 33.4 Å². The maximum atomic E-state index is 12.2. The number of carbonyl (C=O) groups is 1. The first-order valence-electron chi connectivity index (χ1n) is 6.57. The average molecular weight is 392 g/mol. The number of hydrogen-bond donors (Lipinski definition) is 2. The summed E-state index contributed by atoms with van der Waals surface area (Å²) in [6.07, 6.45) is 0.940. The van der Waals surface area contributed by atoms with Gasteiger partial charge < -0.3 is 14.9 Å². The van der Waals surface area contributed by atoms with Crippen LogP contribution in [0, 0.1) is 3.57 Å². The highest BCUT2D eigenvalue weighted by molar-refractivity contribution is 14.1. The van der Waals surface area contributed by atoms with E-state index in [0.29, 0.717) is 19.3 Å². The molecular formula is C15H21IO4. The topological polar surface area (TPSA) is 66.8 Å². The van der Waals surface area contributed by atoms with Gasteiger partial charge in [-0.15, -0.1) is 0 Å². The van der Waals surface area contributed by atoms with Crippen LogP contribution in [0.1, 0.15) is 31.7 Å². The van der Waals surface area contributed by atoms with Crippen molar-refractivity contribution >= 4 is 28.6 Å². The van der Waals surface area contributed by atoms with Crippen LogP contribution in [0.15, 0.2) is 24.3 Å². The van der Waals surface area contributed by atoms with E-state index < -0.39 is 11.5 Å². The summed E-state index contributed by atoms with van der Waals surface area (Å²) >= 11 is 2.21. The summed E-state index contributed by atoms with van der Waals surface area (Å²) in [5, 5.41) is 18.2. The fraction of sp³-hybridized carbons (Fsp3) is 0.533. The number of rotatable bonds is 7. The van der Waals surface area contributed by atoms with Crippen molar-refractivity contribution < 1.29 is 19.7 Å². The Hall–Kier alpha value is -0.660. The predicted molar refractivity (Wildman–Crippen MR) is 85.5 cm³/mol. The van der Waals surface area contributed by atoms with Gasteiger partial charge in [-0.1, -0.05) is 12.1 Å². The first-order valence-corrected chi connectivity index (χ1v) is 7.65. The molecule has 0 saturated heterocycles. The van der Waals surface area contributed by atoms with E-state index in [-0.39, 0.29) is 12.6 Å². The van der Waals surface area contributed by atoms with Crippen molar-refractivity contribution in [2.75, 3.05) is 13.7 Å². The van der Waals surface area contributed by atoms with Gasteiger partial charge in [0, 0.05) is 3.57 Å². The molecule has 0 fully saturated rings. The number of aliphatic hydroxyl groups excluding tert-OH is 2. The molecule has 1 aromatic carbocycles. The molecule has 2 unspecified atom stereocenters. The Labute approximate surface area is 133 Å². The minimum absolute atomic E-state index is 0.252. The second kappa shape index (κ2) is 7.95. The maximum Gasteiger partial charge on any atom is 0.315 e. The minimum Gasteiger partial charge on any atom is -0.468 e. The molecule has 20 heavy (non-hydrogen) atoms. The van der Waals surface area contributed by atoms with Gasteiger partial charge in [0.05, 0.1) is 25.2 Å². The molecule has 0 aromatic heterocycles. The summed E-state index contributed by atoms with van der Waals surface area (Å²) in [7, 11) is 1.39. The SMILES string of the molecule is COC(=O)C(C)(CCCC(O)CO)c1cccc(I)c1. The number of methoxy groups -OCH3 is 1. The maximum absolute atomic E-state index is 12.2. The molecule has 0 bridgehead atoms. The number of esters is 1. The van der Waals surface area contributed by atoms with E-state index in [1.54, 1.807) is 0 Å². The Bertz CT molecular complexity index is 449. The Balaban J connectivity index is 2.90. The van der Waals surface area contributed by atoms with Crippen LogP contribution in [-0.4, -0.2) is 36.0 Å². The molecule has 0 aliphatic carbocycles. The van der Waals surface area contributed by atoms with Crippen molar-refractivity contribution in [1.29, 1.82) is 0 Å². The van der Waals surface area contributed by atoms with E-state index in [4.69, 9.17) is 9.84 Å². The van der Waals surface area contributed by atoms with Crippen molar-refractivity contribution in [3.63, 3.8) is 0 Å². The Morgan fingerprint density at radius 1 is 1.50 bits per heavy atom. The molecule has 1 aromatic rings. The van der Waals surface area contributed by atoms with Gasteiger partial charge in [-0.25, -0.2) is 0 Å². The first kappa shape index (κ1) is 17.4. The fourth-order valence-electron chi connectivity index (χ4n) is 2.20. The molecule has 2 N–H and O–H groups in total. The molecule has 0 spiro atoms. The largest absolute Gasteiger partial charge is 0.468 e. The lowest BCUT2D eigenvalue weighted by atomic mass is 9.78. The number of aliphatic hydroxyl groups is 2. The third-order valence-electron chi connectivity index (χ3n) is 3.52. The lowest BCUT2D eigenvalue weighted by Gasteiger charge is -2.27. The number of hydrogen-bond acceptors (Lipinski definition) is 4. The molecule has 1 rings (SSSR count). The number of halogens is 1. The van der Waals surface area contributed by atoms with Crippen LogP contribution in [0.5, 0.6) is 0 Å². The highest BCUT2D eigenvalue weighted by atomic mass is 127. The first-order chi connectivity index (χ1) is 9.43. The lowest BCUT2D eigenvalue weighted by molar-refractivity contribution is -0.147. The van der Waals surface area contributed by atoms with E-state index in [1.807, 2.05) is 31.2 Å². The highest BCUT2D eigenvalue weighted by Crippen LogP contribution is 2.32. The monoisotopic (exact) mass is 392 g/mol. The quantitative estimate of drug-likeness (QED) is 0.552. The number of ether oxygens (including phenoxy) is 1. The van der Waals surface area contributed by atoms with E-state index in [1.165, 1.54) is 7.11 Å². The molecular weight excluding hydrogens is 371 g/mol. The van der Waals surface area contributed by atoms with Gasteiger partial charge in [-0.3, -0.25) is 4.79 Å². The van der Waals surface area contributed by atoms with E-state index in [9.17, 15) is 9.90 Å². The molecule has 5 heteroatoms. The van der Waals surface area contributed by atoms with Crippen molar-refractivity contribution in [1.82, 2.24) is 0 Å². The Morgan fingerprint density at radius 2 is 2.20 bits per heavy atom. The Kier molecular flexibility index (Phi) is 6.91. The highest BCUT2D eigenvalue weighted by Gasteiger charge is 2.36. The fourth-order valence-corrected chi connectivity index (χ4v) is 2.75. The van der Waals surface area contributed by atoms with Crippen LogP contribution in [0.25, 0.3) is 0 Å². The second-order valence-corrected chi connectivity index (χ2v) is 6.31. The molecule has 0 radical (unpaired) electrons. The molecule has 4 nitrogen and oxygen atoms in total. The average Bonchev–Trinajstić information content (AvgIpc) is 2.45. The summed E-state index contributed by atoms with van der Waals surface area (Å²) in [5.74, 6) is -0.280. The smallest absolute Gasteiger partial charge is 0.315 e. The number of carbonyl (C=O) groups excluding carboxylic acids is 1. The Morgan fingerprint density at radius 3 is 2.75 bits per heavy atom. The molecule has 0 aliphatic heterocycles. The van der Waals surface area contributed by atoms with Gasteiger partial charge >= 0.3 is 5.97 Å². The third kappa shape index (κ3) is 4.43. The van der Waals surface area contributed by atoms with E-state index >= 15 is 0 Å². The normalized spacial score (nSPS) is 15.4. The van der Waals surface area contributed by atoms with Gasteiger partial charge in [0.1, 0.15) is 0 Å². The minimum atomic E-state index is -0.731.